The molecule has 0 bridgehead atoms. The maximum Gasteiger partial charge on any atom is 0.306 e. The van der Waals surface area contributed by atoms with Gasteiger partial charge in [-0.05, 0) is 75.1 Å². The van der Waals surface area contributed by atoms with Gasteiger partial charge in [0.05, 0.1) is 18.6 Å². The summed E-state index contributed by atoms with van der Waals surface area (Å²) in [4.78, 5) is 41.9. The maximum atomic E-state index is 13.6. The summed E-state index contributed by atoms with van der Waals surface area (Å²) in [6, 6.07) is 16.3. The minimum Gasteiger partial charge on any atom is -0.466 e. The van der Waals surface area contributed by atoms with Crippen LogP contribution in [0.1, 0.15) is 67.8 Å². The van der Waals surface area contributed by atoms with Gasteiger partial charge in [-0.25, -0.2) is 0 Å². The molecular formula is C30H39N3O4. The second-order valence-corrected chi connectivity index (χ2v) is 10.1. The van der Waals surface area contributed by atoms with E-state index in [0.717, 1.165) is 70.4 Å². The Morgan fingerprint density at radius 2 is 1.65 bits per heavy atom. The van der Waals surface area contributed by atoms with E-state index >= 15 is 0 Å². The molecule has 0 aromatic heterocycles. The lowest BCUT2D eigenvalue weighted by Crippen LogP contribution is -2.39. The standard InChI is InChI=1S/C30H39N3O4/c1-2-37-29(35)14-13-28(34)31-25-11-12-27(26(22-25)30(36)33-17-7-4-8-18-33)32-19-15-24(16-20-32)21-23-9-5-3-6-10-23/h3,5-6,9-12,22,24H,2,4,7-8,13-21H2,1H3,(H,31,34). The number of amides is 2. The number of hydrogen-bond donors (Lipinski definition) is 1. The molecule has 2 saturated heterocycles. The molecule has 198 valence electrons. The van der Waals surface area contributed by atoms with E-state index in [1.807, 2.05) is 23.1 Å². The van der Waals surface area contributed by atoms with Gasteiger partial charge < -0.3 is 19.9 Å². The Morgan fingerprint density at radius 3 is 2.35 bits per heavy atom. The monoisotopic (exact) mass is 505 g/mol. The van der Waals surface area contributed by atoms with Gasteiger partial charge in [-0.3, -0.25) is 14.4 Å². The number of piperidine rings is 2. The highest BCUT2D eigenvalue weighted by Gasteiger charge is 2.26. The lowest BCUT2D eigenvalue weighted by molar-refractivity contribution is -0.144. The van der Waals surface area contributed by atoms with Crippen LogP contribution in [-0.2, 0) is 20.7 Å². The smallest absolute Gasteiger partial charge is 0.306 e. The molecular weight excluding hydrogens is 466 g/mol. The van der Waals surface area contributed by atoms with Crippen LogP contribution in [0, 0.1) is 5.92 Å². The highest BCUT2D eigenvalue weighted by atomic mass is 16.5. The number of esters is 1. The van der Waals surface area contributed by atoms with Crippen molar-refractivity contribution in [2.24, 2.45) is 5.92 Å². The van der Waals surface area contributed by atoms with Crippen molar-refractivity contribution in [3.05, 3.63) is 59.7 Å². The first-order chi connectivity index (χ1) is 18.0. The number of benzene rings is 2. The van der Waals surface area contributed by atoms with E-state index in [4.69, 9.17) is 4.74 Å². The number of likely N-dealkylation sites (tertiary alicyclic amines) is 1. The topological polar surface area (TPSA) is 79.0 Å². The van der Waals surface area contributed by atoms with Crippen molar-refractivity contribution in [3.8, 4) is 0 Å². The number of carbonyl (C=O) groups is 3. The van der Waals surface area contributed by atoms with Crippen molar-refractivity contribution in [1.82, 2.24) is 4.90 Å². The van der Waals surface area contributed by atoms with Crippen LogP contribution < -0.4 is 10.2 Å². The Hall–Kier alpha value is -3.35. The number of anilines is 2. The predicted molar refractivity (Wildman–Crippen MR) is 146 cm³/mol. The number of nitrogens with zero attached hydrogens (tertiary/aromatic N) is 2. The fourth-order valence-corrected chi connectivity index (χ4v) is 5.33. The van der Waals surface area contributed by atoms with Crippen molar-refractivity contribution in [3.63, 3.8) is 0 Å². The average molecular weight is 506 g/mol. The molecule has 2 aliphatic heterocycles. The zero-order valence-electron chi connectivity index (χ0n) is 21.9. The molecule has 0 unspecified atom stereocenters. The van der Waals surface area contributed by atoms with Gasteiger partial charge in [0, 0.05) is 44.0 Å². The van der Waals surface area contributed by atoms with Crippen LogP contribution in [0.2, 0.25) is 0 Å². The third kappa shape index (κ3) is 7.57. The highest BCUT2D eigenvalue weighted by Crippen LogP contribution is 2.31. The molecule has 7 nitrogen and oxygen atoms in total. The molecule has 37 heavy (non-hydrogen) atoms. The number of carbonyl (C=O) groups excluding carboxylic acids is 3. The van der Waals surface area contributed by atoms with Crippen molar-refractivity contribution in [2.75, 3.05) is 43.0 Å². The maximum absolute atomic E-state index is 13.6. The Balaban J connectivity index is 1.45. The molecule has 2 fully saturated rings. The Morgan fingerprint density at radius 1 is 0.919 bits per heavy atom. The van der Waals surface area contributed by atoms with Gasteiger partial charge >= 0.3 is 5.97 Å². The lowest BCUT2D eigenvalue weighted by atomic mass is 9.89. The predicted octanol–water partition coefficient (Wildman–Crippen LogP) is 5.05. The summed E-state index contributed by atoms with van der Waals surface area (Å²) in [6.07, 6.45) is 6.54. The van der Waals surface area contributed by atoms with Gasteiger partial charge in [-0.1, -0.05) is 30.3 Å². The average Bonchev–Trinajstić information content (AvgIpc) is 2.93. The number of rotatable bonds is 9. The van der Waals surface area contributed by atoms with E-state index in [1.54, 1.807) is 6.92 Å². The van der Waals surface area contributed by atoms with Crippen LogP contribution in [0.3, 0.4) is 0 Å². The first kappa shape index (κ1) is 26.7. The van der Waals surface area contributed by atoms with Crippen LogP contribution in [0.5, 0.6) is 0 Å². The van der Waals surface area contributed by atoms with Crippen LogP contribution in [0.25, 0.3) is 0 Å². The summed E-state index contributed by atoms with van der Waals surface area (Å²) in [7, 11) is 0. The zero-order valence-corrected chi connectivity index (χ0v) is 21.9. The molecule has 4 rings (SSSR count). The molecule has 0 saturated carbocycles. The summed E-state index contributed by atoms with van der Waals surface area (Å²) < 4.78 is 4.91. The van der Waals surface area contributed by atoms with Crippen molar-refractivity contribution >= 4 is 29.2 Å². The second kappa shape index (κ2) is 13.3. The minimum absolute atomic E-state index is 0.0312. The first-order valence-corrected chi connectivity index (χ1v) is 13.7. The Labute approximate surface area is 220 Å². The third-order valence-electron chi connectivity index (χ3n) is 7.34. The molecule has 0 atom stereocenters. The third-order valence-corrected chi connectivity index (χ3v) is 7.34. The van der Waals surface area contributed by atoms with Crippen LogP contribution >= 0.6 is 0 Å². The van der Waals surface area contributed by atoms with Crippen molar-refractivity contribution in [1.29, 1.82) is 0 Å². The van der Waals surface area contributed by atoms with E-state index in [2.05, 4.69) is 40.5 Å². The zero-order chi connectivity index (χ0) is 26.0. The summed E-state index contributed by atoms with van der Waals surface area (Å²) in [6.45, 7) is 5.40. The quantitative estimate of drug-likeness (QED) is 0.483. The van der Waals surface area contributed by atoms with E-state index in [0.29, 0.717) is 23.8 Å². The van der Waals surface area contributed by atoms with Gasteiger partial charge in [0.25, 0.3) is 5.91 Å². The van der Waals surface area contributed by atoms with E-state index in [1.165, 1.54) is 5.56 Å². The van der Waals surface area contributed by atoms with E-state index in [9.17, 15) is 14.4 Å². The normalized spacial score (nSPS) is 16.4. The Bertz CT molecular complexity index is 1060. The first-order valence-electron chi connectivity index (χ1n) is 13.7. The lowest BCUT2D eigenvalue weighted by Gasteiger charge is -2.36. The SMILES string of the molecule is CCOC(=O)CCC(=O)Nc1ccc(N2CCC(Cc3ccccc3)CC2)c(C(=O)N2CCCCC2)c1. The molecule has 2 aromatic carbocycles. The molecule has 1 N–H and O–H groups in total. The summed E-state index contributed by atoms with van der Waals surface area (Å²) in [5.74, 6) is 0.0186. The summed E-state index contributed by atoms with van der Waals surface area (Å²) in [5.41, 5.74) is 3.55. The summed E-state index contributed by atoms with van der Waals surface area (Å²) >= 11 is 0. The highest BCUT2D eigenvalue weighted by molar-refractivity contribution is 6.02. The minimum atomic E-state index is -0.385. The number of ether oxygens (including phenoxy) is 1. The molecule has 7 heteroatoms. The number of hydrogen-bond acceptors (Lipinski definition) is 5. The second-order valence-electron chi connectivity index (χ2n) is 10.1. The summed E-state index contributed by atoms with van der Waals surface area (Å²) in [5, 5.41) is 2.87. The van der Waals surface area contributed by atoms with Crippen LogP contribution in [0.15, 0.2) is 48.5 Å². The van der Waals surface area contributed by atoms with Gasteiger partial charge in [0.1, 0.15) is 0 Å². The molecule has 0 aliphatic carbocycles. The fraction of sp³-hybridized carbons (Fsp3) is 0.500. The van der Waals surface area contributed by atoms with Gasteiger partial charge in [0.15, 0.2) is 0 Å². The van der Waals surface area contributed by atoms with E-state index in [-0.39, 0.29) is 30.6 Å². The van der Waals surface area contributed by atoms with Crippen LogP contribution in [-0.4, -0.2) is 55.5 Å². The largest absolute Gasteiger partial charge is 0.466 e. The van der Waals surface area contributed by atoms with Gasteiger partial charge in [-0.2, -0.15) is 0 Å². The van der Waals surface area contributed by atoms with Crippen LogP contribution in [0.4, 0.5) is 11.4 Å². The molecule has 0 spiro atoms. The van der Waals surface area contributed by atoms with Crippen molar-refractivity contribution in [2.45, 2.75) is 58.3 Å². The van der Waals surface area contributed by atoms with Gasteiger partial charge in [0.2, 0.25) is 5.91 Å². The molecule has 2 amide bonds. The molecule has 2 aromatic rings. The van der Waals surface area contributed by atoms with Crippen molar-refractivity contribution < 1.29 is 19.1 Å². The molecule has 2 heterocycles. The van der Waals surface area contributed by atoms with Gasteiger partial charge in [-0.15, -0.1) is 0 Å². The fourth-order valence-electron chi connectivity index (χ4n) is 5.33. The molecule has 0 radical (unpaired) electrons. The number of nitrogens with one attached hydrogen (secondary N) is 1. The Kier molecular flexibility index (Phi) is 9.58. The van der Waals surface area contributed by atoms with E-state index < -0.39 is 0 Å². The molecule has 2 aliphatic rings.